The summed E-state index contributed by atoms with van der Waals surface area (Å²) < 4.78 is 0. The normalized spacial score (nSPS) is 22.9. The summed E-state index contributed by atoms with van der Waals surface area (Å²) in [5.74, 6) is 0.115. The molecule has 2 heterocycles. The van der Waals surface area contributed by atoms with Gasteiger partial charge >= 0.3 is 0 Å². The van der Waals surface area contributed by atoms with Crippen molar-refractivity contribution in [1.29, 1.82) is 0 Å². The van der Waals surface area contributed by atoms with Crippen molar-refractivity contribution in [1.82, 2.24) is 20.5 Å². The van der Waals surface area contributed by atoms with E-state index in [-0.39, 0.29) is 11.2 Å². The average molecular weight is 212 g/mol. The molecule has 76 valence electrons. The molecule has 0 bridgehead atoms. The van der Waals surface area contributed by atoms with Crippen molar-refractivity contribution in [2.24, 2.45) is 0 Å². The van der Waals surface area contributed by atoms with Gasteiger partial charge in [0, 0.05) is 6.54 Å². The van der Waals surface area contributed by atoms with Gasteiger partial charge in [0.15, 0.2) is 5.16 Å². The molecule has 0 saturated carbocycles. The van der Waals surface area contributed by atoms with Crippen molar-refractivity contribution in [3.05, 3.63) is 6.33 Å². The summed E-state index contributed by atoms with van der Waals surface area (Å²) in [4.78, 5) is 15.5. The zero-order chi connectivity index (χ0) is 9.80. The summed E-state index contributed by atoms with van der Waals surface area (Å²) in [6.07, 6.45) is 4.53. The van der Waals surface area contributed by atoms with E-state index in [1.165, 1.54) is 18.1 Å². The number of amides is 1. The molecule has 0 aliphatic carbocycles. The fraction of sp³-hybridized carbons (Fsp3) is 0.625. The van der Waals surface area contributed by atoms with Crippen LogP contribution in [-0.2, 0) is 4.79 Å². The van der Waals surface area contributed by atoms with Crippen LogP contribution < -0.4 is 5.32 Å². The van der Waals surface area contributed by atoms with E-state index in [0.29, 0.717) is 5.16 Å². The first-order valence-electron chi connectivity index (χ1n) is 4.66. The highest BCUT2D eigenvalue weighted by atomic mass is 32.2. The van der Waals surface area contributed by atoms with Crippen molar-refractivity contribution in [2.45, 2.75) is 29.7 Å². The molecule has 2 rings (SSSR count). The third-order valence-corrected chi connectivity index (χ3v) is 3.29. The predicted octanol–water partition coefficient (Wildman–Crippen LogP) is 0.565. The van der Waals surface area contributed by atoms with Gasteiger partial charge in [-0.1, -0.05) is 18.2 Å². The topological polar surface area (TPSA) is 70.7 Å². The van der Waals surface area contributed by atoms with Crippen molar-refractivity contribution < 1.29 is 4.79 Å². The number of nitrogens with zero attached hydrogens (tertiary/aromatic N) is 2. The SMILES string of the molecule is O=C1NCCCC[C@@H]1Sc1ncn[nH]1. The highest BCUT2D eigenvalue weighted by Crippen LogP contribution is 2.24. The van der Waals surface area contributed by atoms with Gasteiger partial charge in [0.2, 0.25) is 5.91 Å². The summed E-state index contributed by atoms with van der Waals surface area (Å²) in [6, 6.07) is 0. The molecule has 6 heteroatoms. The molecule has 2 N–H and O–H groups in total. The molecule has 0 unspecified atom stereocenters. The molecule has 1 saturated heterocycles. The fourth-order valence-corrected chi connectivity index (χ4v) is 2.37. The third-order valence-electron chi connectivity index (χ3n) is 2.13. The molecule has 0 radical (unpaired) electrons. The van der Waals surface area contributed by atoms with Gasteiger partial charge in [0.05, 0.1) is 5.25 Å². The van der Waals surface area contributed by atoms with Crippen LogP contribution in [0, 0.1) is 0 Å². The zero-order valence-electron chi connectivity index (χ0n) is 7.69. The number of aromatic amines is 1. The largest absolute Gasteiger partial charge is 0.355 e. The molecule has 1 fully saturated rings. The van der Waals surface area contributed by atoms with Crippen LogP contribution in [0.2, 0.25) is 0 Å². The lowest BCUT2D eigenvalue weighted by atomic mass is 10.2. The lowest BCUT2D eigenvalue weighted by Crippen LogP contribution is -2.30. The van der Waals surface area contributed by atoms with E-state index in [9.17, 15) is 4.79 Å². The average Bonchev–Trinajstić information content (AvgIpc) is 2.60. The minimum absolute atomic E-state index is 0.0227. The number of nitrogens with one attached hydrogen (secondary N) is 2. The second-order valence-electron chi connectivity index (χ2n) is 3.18. The van der Waals surface area contributed by atoms with E-state index in [2.05, 4.69) is 20.5 Å². The highest BCUT2D eigenvalue weighted by molar-refractivity contribution is 8.00. The second kappa shape index (κ2) is 4.45. The maximum absolute atomic E-state index is 11.5. The number of thioether (sulfide) groups is 1. The van der Waals surface area contributed by atoms with Gasteiger partial charge in [0.1, 0.15) is 6.33 Å². The van der Waals surface area contributed by atoms with Crippen LogP contribution >= 0.6 is 11.8 Å². The molecule has 1 aromatic heterocycles. The first kappa shape index (κ1) is 9.51. The molecule has 1 aromatic rings. The van der Waals surface area contributed by atoms with Crippen LogP contribution in [-0.4, -0.2) is 32.9 Å². The number of hydrogen-bond acceptors (Lipinski definition) is 4. The molecule has 1 aliphatic rings. The van der Waals surface area contributed by atoms with Crippen molar-refractivity contribution in [3.8, 4) is 0 Å². The van der Waals surface area contributed by atoms with Gasteiger partial charge in [-0.05, 0) is 12.8 Å². The van der Waals surface area contributed by atoms with E-state index in [0.717, 1.165) is 25.8 Å². The van der Waals surface area contributed by atoms with Crippen LogP contribution in [0.3, 0.4) is 0 Å². The van der Waals surface area contributed by atoms with E-state index >= 15 is 0 Å². The number of H-pyrrole nitrogens is 1. The summed E-state index contributed by atoms with van der Waals surface area (Å²) >= 11 is 1.45. The molecular formula is C8H12N4OS. The Balaban J connectivity index is 1.98. The van der Waals surface area contributed by atoms with Crippen LogP contribution in [0.15, 0.2) is 11.5 Å². The number of hydrogen-bond donors (Lipinski definition) is 2. The molecule has 14 heavy (non-hydrogen) atoms. The lowest BCUT2D eigenvalue weighted by molar-refractivity contribution is -0.120. The maximum Gasteiger partial charge on any atom is 0.233 e. The van der Waals surface area contributed by atoms with Crippen LogP contribution in [0.25, 0.3) is 0 Å². The minimum atomic E-state index is -0.0227. The Hall–Kier alpha value is -1.04. The Labute approximate surface area is 86.1 Å². The summed E-state index contributed by atoms with van der Waals surface area (Å²) in [6.45, 7) is 0.798. The molecule has 0 aromatic carbocycles. The summed E-state index contributed by atoms with van der Waals surface area (Å²) in [7, 11) is 0. The molecule has 5 nitrogen and oxygen atoms in total. The van der Waals surface area contributed by atoms with Gasteiger partial charge in [-0.25, -0.2) is 4.98 Å². The van der Waals surface area contributed by atoms with E-state index in [4.69, 9.17) is 0 Å². The van der Waals surface area contributed by atoms with Gasteiger partial charge in [-0.2, -0.15) is 5.10 Å². The standard InChI is InChI=1S/C8H12N4OS/c13-7-6(3-1-2-4-9-7)14-8-10-5-11-12-8/h5-6H,1-4H2,(H,9,13)(H,10,11,12)/t6-/m0/s1. The summed E-state index contributed by atoms with van der Waals surface area (Å²) in [5.41, 5.74) is 0. The Bertz CT molecular complexity index is 300. The minimum Gasteiger partial charge on any atom is -0.355 e. The Morgan fingerprint density at radius 3 is 3.21 bits per heavy atom. The number of carbonyl (C=O) groups excluding carboxylic acids is 1. The predicted molar refractivity (Wildman–Crippen MR) is 52.9 cm³/mol. The summed E-state index contributed by atoms with van der Waals surface area (Å²) in [5, 5.41) is 10.1. The van der Waals surface area contributed by atoms with E-state index in [1.807, 2.05) is 0 Å². The van der Waals surface area contributed by atoms with Crippen molar-refractivity contribution in [2.75, 3.05) is 6.54 Å². The molecule has 1 aliphatic heterocycles. The lowest BCUT2D eigenvalue weighted by Gasteiger charge is -2.09. The fourth-order valence-electron chi connectivity index (χ4n) is 1.41. The van der Waals surface area contributed by atoms with Crippen molar-refractivity contribution in [3.63, 3.8) is 0 Å². The molecule has 0 spiro atoms. The Morgan fingerprint density at radius 1 is 1.50 bits per heavy atom. The van der Waals surface area contributed by atoms with Gasteiger partial charge < -0.3 is 5.32 Å². The Kier molecular flexibility index (Phi) is 3.03. The quantitative estimate of drug-likeness (QED) is 0.751. The number of rotatable bonds is 2. The first-order chi connectivity index (χ1) is 6.86. The molecule has 1 atom stereocenters. The van der Waals surface area contributed by atoms with Gasteiger partial charge in [-0.15, -0.1) is 0 Å². The van der Waals surface area contributed by atoms with Gasteiger partial charge in [0.25, 0.3) is 0 Å². The zero-order valence-corrected chi connectivity index (χ0v) is 8.51. The van der Waals surface area contributed by atoms with Crippen LogP contribution in [0.5, 0.6) is 0 Å². The van der Waals surface area contributed by atoms with E-state index in [1.54, 1.807) is 0 Å². The molecular weight excluding hydrogens is 200 g/mol. The van der Waals surface area contributed by atoms with Crippen LogP contribution in [0.4, 0.5) is 0 Å². The second-order valence-corrected chi connectivity index (χ2v) is 4.38. The number of aromatic nitrogens is 3. The number of carbonyl (C=O) groups is 1. The maximum atomic E-state index is 11.5. The smallest absolute Gasteiger partial charge is 0.233 e. The van der Waals surface area contributed by atoms with E-state index < -0.39 is 0 Å². The Morgan fingerprint density at radius 2 is 2.43 bits per heavy atom. The van der Waals surface area contributed by atoms with Gasteiger partial charge in [-0.3, -0.25) is 9.89 Å². The first-order valence-corrected chi connectivity index (χ1v) is 5.54. The third kappa shape index (κ3) is 2.25. The monoisotopic (exact) mass is 212 g/mol. The highest BCUT2D eigenvalue weighted by Gasteiger charge is 2.22. The van der Waals surface area contributed by atoms with Crippen LogP contribution in [0.1, 0.15) is 19.3 Å². The molecule has 1 amide bonds. The van der Waals surface area contributed by atoms with Crippen molar-refractivity contribution >= 4 is 17.7 Å².